The van der Waals surface area contributed by atoms with Gasteiger partial charge < -0.3 is 24.8 Å². The van der Waals surface area contributed by atoms with Crippen molar-refractivity contribution in [3.8, 4) is 0 Å². The second-order valence-electron chi connectivity index (χ2n) is 12.5. The number of ether oxygens (including phenoxy) is 2. The third-order valence-electron chi connectivity index (χ3n) is 11.1. The van der Waals surface area contributed by atoms with E-state index >= 15 is 0 Å². The highest BCUT2D eigenvalue weighted by Crippen LogP contribution is 2.70. The number of fused-ring (bicyclic) bond motifs is 7. The van der Waals surface area contributed by atoms with Gasteiger partial charge >= 0.3 is 0 Å². The van der Waals surface area contributed by atoms with Crippen LogP contribution in [0.1, 0.15) is 65.7 Å². The van der Waals surface area contributed by atoms with Crippen LogP contribution in [0.25, 0.3) is 0 Å². The minimum Gasteiger partial charge on any atom is -0.393 e. The molecule has 4 aliphatic carbocycles. The standard InChI is InChI=1S/C27H40O5/c1-14-7-8-27(31-13-14)15(2)23-21(32-27)11-19-18-6-5-16-9-17(28)10-22(30)26(16,4)24(18)20(29)12-25(19,23)3/h5,15,17-24,28-30H,1,6-13H2,2-4H3/t15-,17+,18-,19-,20+,21-,22+,23-,24-,25-,26+,27+/m0/s1. The molecule has 2 heterocycles. The lowest BCUT2D eigenvalue weighted by Crippen LogP contribution is -2.60. The number of rotatable bonds is 0. The van der Waals surface area contributed by atoms with Crippen LogP contribution in [0.2, 0.25) is 0 Å². The topological polar surface area (TPSA) is 79.2 Å². The molecule has 0 aromatic heterocycles. The molecule has 5 nitrogen and oxygen atoms in total. The highest BCUT2D eigenvalue weighted by atomic mass is 16.7. The van der Waals surface area contributed by atoms with E-state index in [1.807, 2.05) is 0 Å². The van der Waals surface area contributed by atoms with Crippen molar-refractivity contribution in [3.63, 3.8) is 0 Å². The van der Waals surface area contributed by atoms with Gasteiger partial charge in [0.05, 0.1) is 31.0 Å². The molecule has 5 heteroatoms. The van der Waals surface area contributed by atoms with Crippen LogP contribution in [0.3, 0.4) is 0 Å². The maximum atomic E-state index is 11.7. The largest absolute Gasteiger partial charge is 0.393 e. The third kappa shape index (κ3) is 2.63. The lowest BCUT2D eigenvalue weighted by atomic mass is 9.45. The Morgan fingerprint density at radius 1 is 1.12 bits per heavy atom. The summed E-state index contributed by atoms with van der Waals surface area (Å²) in [5.41, 5.74) is 1.87. The Kier molecular flexibility index (Phi) is 4.71. The molecule has 3 N–H and O–H groups in total. The SMILES string of the molecule is C=C1CC[C@@]2(OC1)O[C@H]1C[C@H]3[C@@H]4CC=C5C[C@@H](O)C[C@@H](O)[C@]5(C)[C@@H]4[C@H](O)C[C@]3(C)[C@H]1[C@@H]2C. The summed E-state index contributed by atoms with van der Waals surface area (Å²) in [7, 11) is 0. The van der Waals surface area contributed by atoms with Crippen molar-refractivity contribution in [2.24, 2.45) is 40.4 Å². The van der Waals surface area contributed by atoms with Gasteiger partial charge in [-0.05, 0) is 61.2 Å². The van der Waals surface area contributed by atoms with Gasteiger partial charge in [0.1, 0.15) is 0 Å². The lowest BCUT2D eigenvalue weighted by molar-refractivity contribution is -0.257. The summed E-state index contributed by atoms with van der Waals surface area (Å²) in [6.45, 7) is 11.5. The first-order chi connectivity index (χ1) is 15.1. The predicted molar refractivity (Wildman–Crippen MR) is 120 cm³/mol. The number of hydrogen-bond donors (Lipinski definition) is 3. The Labute approximate surface area is 191 Å². The van der Waals surface area contributed by atoms with Crippen molar-refractivity contribution in [3.05, 3.63) is 23.8 Å². The third-order valence-corrected chi connectivity index (χ3v) is 11.1. The summed E-state index contributed by atoms with van der Waals surface area (Å²) in [5.74, 6) is 1.03. The highest BCUT2D eigenvalue weighted by Gasteiger charge is 2.70. The number of allylic oxidation sites excluding steroid dienone is 1. The molecule has 3 saturated carbocycles. The number of aliphatic hydroxyl groups is 3. The summed E-state index contributed by atoms with van der Waals surface area (Å²) < 4.78 is 13.1. The zero-order valence-electron chi connectivity index (χ0n) is 19.8. The molecule has 5 fully saturated rings. The number of hydrogen-bond acceptors (Lipinski definition) is 5. The van der Waals surface area contributed by atoms with E-state index in [2.05, 4.69) is 33.4 Å². The van der Waals surface area contributed by atoms with Crippen LogP contribution in [0.15, 0.2) is 23.8 Å². The van der Waals surface area contributed by atoms with E-state index in [-0.39, 0.29) is 17.4 Å². The molecule has 6 aliphatic rings. The molecular formula is C27H40O5. The molecule has 0 aromatic rings. The molecule has 0 amide bonds. The maximum absolute atomic E-state index is 11.7. The first-order valence-electron chi connectivity index (χ1n) is 12.8. The van der Waals surface area contributed by atoms with Crippen molar-refractivity contribution in [1.29, 1.82) is 0 Å². The van der Waals surface area contributed by atoms with Gasteiger partial charge in [0.15, 0.2) is 5.79 Å². The van der Waals surface area contributed by atoms with Gasteiger partial charge in [0, 0.05) is 24.2 Å². The molecule has 0 aromatic carbocycles. The monoisotopic (exact) mass is 444 g/mol. The molecule has 12 atom stereocenters. The van der Waals surface area contributed by atoms with E-state index in [9.17, 15) is 15.3 Å². The zero-order chi connectivity index (χ0) is 22.6. The zero-order valence-corrected chi connectivity index (χ0v) is 19.8. The van der Waals surface area contributed by atoms with E-state index in [4.69, 9.17) is 9.47 Å². The van der Waals surface area contributed by atoms with Crippen LogP contribution >= 0.6 is 0 Å². The van der Waals surface area contributed by atoms with Crippen LogP contribution < -0.4 is 0 Å². The molecule has 1 spiro atoms. The molecule has 0 unspecified atom stereocenters. The summed E-state index contributed by atoms with van der Waals surface area (Å²) in [6.07, 6.45) is 6.52. The van der Waals surface area contributed by atoms with Crippen LogP contribution in [0.5, 0.6) is 0 Å². The molecule has 32 heavy (non-hydrogen) atoms. The minimum absolute atomic E-state index is 0.00677. The Morgan fingerprint density at radius 3 is 2.62 bits per heavy atom. The Bertz CT molecular complexity index is 841. The highest BCUT2D eigenvalue weighted by molar-refractivity contribution is 5.29. The van der Waals surface area contributed by atoms with Crippen molar-refractivity contribution < 1.29 is 24.8 Å². The molecular weight excluding hydrogens is 404 g/mol. The van der Waals surface area contributed by atoms with Crippen LogP contribution in [-0.4, -0.2) is 52.1 Å². The fraction of sp³-hybridized carbons (Fsp3) is 0.852. The van der Waals surface area contributed by atoms with E-state index in [1.165, 1.54) is 0 Å². The van der Waals surface area contributed by atoms with Crippen molar-refractivity contribution in [2.75, 3.05) is 6.61 Å². The summed E-state index contributed by atoms with van der Waals surface area (Å²) in [4.78, 5) is 0. The van der Waals surface area contributed by atoms with E-state index < -0.39 is 29.5 Å². The fourth-order valence-corrected chi connectivity index (χ4v) is 9.67. The Morgan fingerprint density at radius 2 is 1.91 bits per heavy atom. The Balaban J connectivity index is 1.33. The molecule has 0 bridgehead atoms. The number of aliphatic hydroxyl groups excluding tert-OH is 3. The lowest BCUT2D eigenvalue weighted by Gasteiger charge is -2.61. The summed E-state index contributed by atoms with van der Waals surface area (Å²) >= 11 is 0. The van der Waals surface area contributed by atoms with Crippen molar-refractivity contribution in [2.45, 2.75) is 95.9 Å². The molecule has 2 saturated heterocycles. The fourth-order valence-electron chi connectivity index (χ4n) is 9.67. The first kappa shape index (κ1) is 21.8. The van der Waals surface area contributed by atoms with Crippen LogP contribution in [0.4, 0.5) is 0 Å². The summed E-state index contributed by atoms with van der Waals surface area (Å²) in [5, 5.41) is 33.1. The van der Waals surface area contributed by atoms with E-state index in [0.717, 1.165) is 43.3 Å². The minimum atomic E-state index is -0.604. The van der Waals surface area contributed by atoms with Crippen LogP contribution in [-0.2, 0) is 9.47 Å². The maximum Gasteiger partial charge on any atom is 0.172 e. The van der Waals surface area contributed by atoms with Gasteiger partial charge in [-0.1, -0.05) is 44.6 Å². The molecule has 2 aliphatic heterocycles. The van der Waals surface area contributed by atoms with Gasteiger partial charge in [0.2, 0.25) is 0 Å². The van der Waals surface area contributed by atoms with Crippen molar-refractivity contribution >= 4 is 0 Å². The normalized spacial score (nSPS) is 59.2. The van der Waals surface area contributed by atoms with E-state index in [0.29, 0.717) is 43.1 Å². The van der Waals surface area contributed by atoms with Gasteiger partial charge in [-0.15, -0.1) is 0 Å². The average Bonchev–Trinajstić information content (AvgIpc) is 3.16. The average molecular weight is 445 g/mol. The second-order valence-corrected chi connectivity index (χ2v) is 12.5. The smallest absolute Gasteiger partial charge is 0.172 e. The first-order valence-corrected chi connectivity index (χ1v) is 12.8. The van der Waals surface area contributed by atoms with E-state index in [1.54, 1.807) is 0 Å². The molecule has 178 valence electrons. The van der Waals surface area contributed by atoms with Gasteiger partial charge in [-0.3, -0.25) is 0 Å². The van der Waals surface area contributed by atoms with Gasteiger partial charge in [0.25, 0.3) is 0 Å². The summed E-state index contributed by atoms with van der Waals surface area (Å²) in [6, 6.07) is 0. The predicted octanol–water partition coefficient (Wildman–Crippen LogP) is 3.58. The van der Waals surface area contributed by atoms with Crippen molar-refractivity contribution in [1.82, 2.24) is 0 Å². The van der Waals surface area contributed by atoms with Crippen LogP contribution in [0, 0.1) is 40.4 Å². The molecule has 6 rings (SSSR count). The second kappa shape index (κ2) is 6.91. The van der Waals surface area contributed by atoms with Gasteiger partial charge in [-0.2, -0.15) is 0 Å². The molecule has 0 radical (unpaired) electrons. The van der Waals surface area contributed by atoms with Gasteiger partial charge in [-0.25, -0.2) is 0 Å². The quantitative estimate of drug-likeness (QED) is 0.498. The Hall–Kier alpha value is -0.720.